The Morgan fingerprint density at radius 1 is 1.28 bits per heavy atom. The maximum Gasteiger partial charge on any atom is 0.229 e. The first-order valence-corrected chi connectivity index (χ1v) is 7.78. The van der Waals surface area contributed by atoms with Gasteiger partial charge in [0.1, 0.15) is 5.76 Å². The van der Waals surface area contributed by atoms with Crippen LogP contribution in [0.4, 0.5) is 11.5 Å². The minimum atomic E-state index is -0.461. The van der Waals surface area contributed by atoms with Crippen molar-refractivity contribution in [3.05, 3.63) is 30.0 Å². The molecule has 1 saturated heterocycles. The molecule has 1 aromatic carbocycles. The van der Waals surface area contributed by atoms with E-state index in [1.165, 1.54) is 12.0 Å². The summed E-state index contributed by atoms with van der Waals surface area (Å²) in [5.74, 6) is 1.29. The molecule has 1 fully saturated rings. The van der Waals surface area contributed by atoms with E-state index < -0.39 is 5.92 Å². The van der Waals surface area contributed by atoms with E-state index in [1.807, 2.05) is 0 Å². The predicted octanol–water partition coefficient (Wildman–Crippen LogP) is 1.99. The molecule has 1 atom stereocenters. The molecule has 2 aromatic rings. The van der Waals surface area contributed by atoms with Gasteiger partial charge in [-0.25, -0.2) is 0 Å². The molecule has 0 saturated carbocycles. The summed E-state index contributed by atoms with van der Waals surface area (Å²) in [4.78, 5) is 26.1. The van der Waals surface area contributed by atoms with Gasteiger partial charge in [0.2, 0.25) is 11.8 Å². The molecule has 8 heteroatoms. The van der Waals surface area contributed by atoms with Crippen LogP contribution in [0.1, 0.15) is 12.2 Å². The van der Waals surface area contributed by atoms with Gasteiger partial charge in [-0.15, -0.1) is 0 Å². The second-order valence-electron chi connectivity index (χ2n) is 5.76. The summed E-state index contributed by atoms with van der Waals surface area (Å²) >= 11 is 0. The Labute approximate surface area is 144 Å². The summed E-state index contributed by atoms with van der Waals surface area (Å²) in [6, 6.07) is 6.77. The van der Waals surface area contributed by atoms with E-state index in [-0.39, 0.29) is 24.8 Å². The van der Waals surface area contributed by atoms with Crippen molar-refractivity contribution in [2.45, 2.75) is 13.3 Å². The van der Waals surface area contributed by atoms with Crippen molar-refractivity contribution in [1.29, 1.82) is 0 Å². The molecule has 0 bridgehead atoms. The molecule has 2 heterocycles. The van der Waals surface area contributed by atoms with Gasteiger partial charge < -0.3 is 19.3 Å². The number of hydrogen-bond donors (Lipinski definition) is 1. The molecule has 0 spiro atoms. The van der Waals surface area contributed by atoms with Crippen LogP contribution in [-0.2, 0) is 9.59 Å². The summed E-state index contributed by atoms with van der Waals surface area (Å²) in [5, 5.41) is 6.65. The zero-order valence-electron chi connectivity index (χ0n) is 14.2. The van der Waals surface area contributed by atoms with Crippen LogP contribution >= 0.6 is 0 Å². The van der Waals surface area contributed by atoms with Crippen molar-refractivity contribution in [2.24, 2.45) is 5.92 Å². The first-order valence-electron chi connectivity index (χ1n) is 7.78. The molecule has 0 radical (unpaired) electrons. The number of benzene rings is 1. The number of ether oxygens (including phenoxy) is 2. The quantitative estimate of drug-likeness (QED) is 0.891. The van der Waals surface area contributed by atoms with Gasteiger partial charge in [-0.3, -0.25) is 14.5 Å². The number of methoxy groups -OCH3 is 2. The number of nitrogens with one attached hydrogen (secondary N) is 1. The SMILES string of the molecule is COc1ccc(NC(=O)C2CC(=O)N(c3cc(C)on3)C2)cc1OC. The van der Waals surface area contributed by atoms with Gasteiger partial charge >= 0.3 is 0 Å². The Hall–Kier alpha value is -3.03. The zero-order valence-corrected chi connectivity index (χ0v) is 14.2. The molecular formula is C17H19N3O5. The number of nitrogens with zero attached hydrogens (tertiary/aromatic N) is 2. The standard InChI is InChI=1S/C17H19N3O5/c1-10-6-15(19-25-10)20-9-11(7-16(20)21)17(22)18-12-4-5-13(23-2)14(8-12)24-3/h4-6,8,11H,7,9H2,1-3H3,(H,18,22). The lowest BCUT2D eigenvalue weighted by molar-refractivity contribution is -0.122. The van der Waals surface area contributed by atoms with Gasteiger partial charge in [-0.1, -0.05) is 5.16 Å². The van der Waals surface area contributed by atoms with Crippen LogP contribution in [0.2, 0.25) is 0 Å². The van der Waals surface area contributed by atoms with Gasteiger partial charge in [0.25, 0.3) is 0 Å². The number of carbonyl (C=O) groups is 2. The average molecular weight is 345 g/mol. The molecule has 1 aromatic heterocycles. The van der Waals surface area contributed by atoms with Gasteiger partial charge in [0, 0.05) is 30.8 Å². The zero-order chi connectivity index (χ0) is 18.0. The molecule has 25 heavy (non-hydrogen) atoms. The number of hydrogen-bond acceptors (Lipinski definition) is 6. The summed E-state index contributed by atoms with van der Waals surface area (Å²) in [5.41, 5.74) is 0.575. The van der Waals surface area contributed by atoms with E-state index in [1.54, 1.807) is 38.3 Å². The third kappa shape index (κ3) is 3.42. The monoisotopic (exact) mass is 345 g/mol. The van der Waals surface area contributed by atoms with Gasteiger partial charge in [0.15, 0.2) is 17.3 Å². The topological polar surface area (TPSA) is 93.9 Å². The molecular weight excluding hydrogens is 326 g/mol. The van der Waals surface area contributed by atoms with Crippen molar-refractivity contribution in [3.8, 4) is 11.5 Å². The summed E-state index contributed by atoms with van der Waals surface area (Å²) in [6.45, 7) is 2.02. The summed E-state index contributed by atoms with van der Waals surface area (Å²) in [6.07, 6.45) is 0.130. The molecule has 8 nitrogen and oxygen atoms in total. The van der Waals surface area contributed by atoms with Crippen molar-refractivity contribution in [1.82, 2.24) is 5.16 Å². The molecule has 132 valence electrons. The fourth-order valence-corrected chi connectivity index (χ4v) is 2.74. The Bertz CT molecular complexity index is 801. The molecule has 1 N–H and O–H groups in total. The second-order valence-corrected chi connectivity index (χ2v) is 5.76. The van der Waals surface area contributed by atoms with E-state index in [0.29, 0.717) is 28.8 Å². The Kier molecular flexibility index (Phi) is 4.60. The molecule has 1 aliphatic rings. The highest BCUT2D eigenvalue weighted by Gasteiger charge is 2.36. The van der Waals surface area contributed by atoms with E-state index in [4.69, 9.17) is 14.0 Å². The highest BCUT2D eigenvalue weighted by Crippen LogP contribution is 2.31. The largest absolute Gasteiger partial charge is 0.493 e. The minimum absolute atomic E-state index is 0.130. The van der Waals surface area contributed by atoms with Crippen molar-refractivity contribution in [3.63, 3.8) is 0 Å². The Morgan fingerprint density at radius 2 is 2.04 bits per heavy atom. The number of aromatic nitrogens is 1. The van der Waals surface area contributed by atoms with Gasteiger partial charge in [0.05, 0.1) is 20.1 Å². The maximum atomic E-state index is 12.5. The Morgan fingerprint density at radius 3 is 2.68 bits per heavy atom. The van der Waals surface area contributed by atoms with E-state index in [9.17, 15) is 9.59 Å². The number of aryl methyl sites for hydroxylation is 1. The van der Waals surface area contributed by atoms with Crippen LogP contribution in [0.3, 0.4) is 0 Å². The first kappa shape index (κ1) is 16.8. The van der Waals surface area contributed by atoms with Gasteiger partial charge in [-0.05, 0) is 19.1 Å². The van der Waals surface area contributed by atoms with Crippen LogP contribution in [0.25, 0.3) is 0 Å². The van der Waals surface area contributed by atoms with Crippen molar-refractivity contribution in [2.75, 3.05) is 31.0 Å². The van der Waals surface area contributed by atoms with Crippen LogP contribution in [0, 0.1) is 12.8 Å². The maximum absolute atomic E-state index is 12.5. The average Bonchev–Trinajstić information content (AvgIpc) is 3.20. The normalized spacial score (nSPS) is 16.8. The van der Waals surface area contributed by atoms with Crippen molar-refractivity contribution < 1.29 is 23.6 Å². The summed E-state index contributed by atoms with van der Waals surface area (Å²) in [7, 11) is 3.07. The number of anilines is 2. The van der Waals surface area contributed by atoms with Crippen LogP contribution in [-0.4, -0.2) is 37.7 Å². The smallest absolute Gasteiger partial charge is 0.229 e. The number of rotatable bonds is 5. The molecule has 3 rings (SSSR count). The molecule has 1 unspecified atom stereocenters. The summed E-state index contributed by atoms with van der Waals surface area (Å²) < 4.78 is 15.4. The van der Waals surface area contributed by atoms with Crippen LogP contribution in [0.5, 0.6) is 11.5 Å². The number of amides is 2. The first-order chi connectivity index (χ1) is 12.0. The fourth-order valence-electron chi connectivity index (χ4n) is 2.74. The minimum Gasteiger partial charge on any atom is -0.493 e. The third-order valence-corrected chi connectivity index (χ3v) is 4.04. The molecule has 0 aliphatic carbocycles. The van der Waals surface area contributed by atoms with Crippen molar-refractivity contribution >= 4 is 23.3 Å². The molecule has 2 amide bonds. The van der Waals surface area contributed by atoms with E-state index in [0.717, 1.165) is 0 Å². The highest BCUT2D eigenvalue weighted by molar-refractivity contribution is 6.03. The predicted molar refractivity (Wildman–Crippen MR) is 89.9 cm³/mol. The number of carbonyl (C=O) groups excluding carboxylic acids is 2. The lowest BCUT2D eigenvalue weighted by Gasteiger charge is -2.14. The molecule has 1 aliphatic heterocycles. The lowest BCUT2D eigenvalue weighted by Crippen LogP contribution is -2.28. The van der Waals surface area contributed by atoms with Crippen LogP contribution in [0.15, 0.2) is 28.8 Å². The fraction of sp³-hybridized carbons (Fsp3) is 0.353. The van der Waals surface area contributed by atoms with E-state index in [2.05, 4.69) is 10.5 Å². The van der Waals surface area contributed by atoms with Crippen LogP contribution < -0.4 is 19.7 Å². The highest BCUT2D eigenvalue weighted by atomic mass is 16.5. The second kappa shape index (κ2) is 6.84. The van der Waals surface area contributed by atoms with Gasteiger partial charge in [-0.2, -0.15) is 0 Å². The van der Waals surface area contributed by atoms with E-state index >= 15 is 0 Å². The third-order valence-electron chi connectivity index (χ3n) is 4.04. The lowest BCUT2D eigenvalue weighted by atomic mass is 10.1. The Balaban J connectivity index is 1.69.